The van der Waals surface area contributed by atoms with Crippen molar-refractivity contribution >= 4 is 0 Å². The van der Waals surface area contributed by atoms with Gasteiger partial charge >= 0.3 is 0 Å². The Morgan fingerprint density at radius 2 is 2.41 bits per heavy atom. The molecule has 1 aliphatic heterocycles. The summed E-state index contributed by atoms with van der Waals surface area (Å²) in [5.74, 6) is 1.01. The van der Waals surface area contributed by atoms with E-state index in [2.05, 4.69) is 27.4 Å². The highest BCUT2D eigenvalue weighted by molar-refractivity contribution is 5.64. The molecule has 4 heteroatoms. The Kier molecular flexibility index (Phi) is 2.57. The fourth-order valence-electron chi connectivity index (χ4n) is 2.22. The van der Waals surface area contributed by atoms with E-state index in [0.29, 0.717) is 0 Å². The number of aromatic amines is 1. The molecule has 0 aliphatic carbocycles. The second-order valence-corrected chi connectivity index (χ2v) is 4.18. The molecule has 0 radical (unpaired) electrons. The first kappa shape index (κ1) is 10.4. The van der Waals surface area contributed by atoms with Crippen molar-refractivity contribution in [3.05, 3.63) is 35.8 Å². The fourth-order valence-corrected chi connectivity index (χ4v) is 2.22. The Labute approximate surface area is 100 Å². The molecule has 4 nitrogen and oxygen atoms in total. The summed E-state index contributed by atoms with van der Waals surface area (Å²) in [7, 11) is 1.93. The minimum absolute atomic E-state index is 0.794. The molecule has 0 unspecified atom stereocenters. The van der Waals surface area contributed by atoms with Gasteiger partial charge in [0.05, 0.1) is 24.3 Å². The van der Waals surface area contributed by atoms with E-state index in [9.17, 15) is 0 Å². The van der Waals surface area contributed by atoms with Gasteiger partial charge in [0.1, 0.15) is 5.75 Å². The molecule has 0 atom stereocenters. The number of nitrogens with zero attached hydrogens (tertiary/aromatic N) is 1. The highest BCUT2D eigenvalue weighted by Crippen LogP contribution is 2.30. The molecule has 2 aromatic rings. The van der Waals surface area contributed by atoms with Gasteiger partial charge in [-0.25, -0.2) is 4.98 Å². The molecule has 1 aromatic heterocycles. The molecule has 3 rings (SSSR count). The van der Waals surface area contributed by atoms with Gasteiger partial charge in [0.2, 0.25) is 0 Å². The molecule has 0 amide bonds. The van der Waals surface area contributed by atoms with Crippen LogP contribution in [-0.2, 0) is 13.0 Å². The van der Waals surface area contributed by atoms with Gasteiger partial charge in [-0.15, -0.1) is 0 Å². The van der Waals surface area contributed by atoms with Crippen molar-refractivity contribution in [3.63, 3.8) is 0 Å². The number of rotatable bonds is 3. The van der Waals surface area contributed by atoms with Gasteiger partial charge in [0.25, 0.3) is 0 Å². The van der Waals surface area contributed by atoms with Crippen LogP contribution in [0.15, 0.2) is 24.5 Å². The number of hydrogen-bond acceptors (Lipinski definition) is 3. The number of H-pyrrole nitrogens is 1. The zero-order valence-corrected chi connectivity index (χ0v) is 9.79. The molecule has 0 bridgehead atoms. The number of benzene rings is 1. The van der Waals surface area contributed by atoms with Crippen molar-refractivity contribution < 1.29 is 4.74 Å². The van der Waals surface area contributed by atoms with E-state index in [4.69, 9.17) is 4.74 Å². The van der Waals surface area contributed by atoms with E-state index in [1.54, 1.807) is 6.33 Å². The summed E-state index contributed by atoms with van der Waals surface area (Å²) >= 11 is 0. The van der Waals surface area contributed by atoms with Crippen LogP contribution in [-0.4, -0.2) is 23.6 Å². The number of fused-ring (bicyclic) bond motifs is 1. The van der Waals surface area contributed by atoms with Crippen LogP contribution in [0.3, 0.4) is 0 Å². The van der Waals surface area contributed by atoms with Gasteiger partial charge in [-0.2, -0.15) is 0 Å². The van der Waals surface area contributed by atoms with E-state index in [1.165, 1.54) is 5.56 Å². The summed E-state index contributed by atoms with van der Waals surface area (Å²) in [5.41, 5.74) is 4.57. The number of aromatic nitrogens is 2. The third-order valence-electron chi connectivity index (χ3n) is 3.03. The maximum atomic E-state index is 5.51. The number of nitrogens with one attached hydrogen (secondary N) is 2. The average Bonchev–Trinajstić information content (AvgIpc) is 2.96. The van der Waals surface area contributed by atoms with Gasteiger partial charge in [-0.05, 0) is 30.8 Å². The first-order valence-electron chi connectivity index (χ1n) is 5.81. The molecule has 0 saturated heterocycles. The van der Waals surface area contributed by atoms with Crippen molar-refractivity contribution in [2.75, 3.05) is 13.7 Å². The first-order valence-corrected chi connectivity index (χ1v) is 5.81. The normalized spacial score (nSPS) is 13.5. The predicted molar refractivity (Wildman–Crippen MR) is 66.0 cm³/mol. The number of imidazole rings is 1. The van der Waals surface area contributed by atoms with Crippen LogP contribution in [0, 0.1) is 0 Å². The maximum absolute atomic E-state index is 5.51. The van der Waals surface area contributed by atoms with E-state index in [-0.39, 0.29) is 0 Å². The lowest BCUT2D eigenvalue weighted by atomic mass is 10.1. The summed E-state index contributed by atoms with van der Waals surface area (Å²) in [6.45, 7) is 1.59. The van der Waals surface area contributed by atoms with Crippen molar-refractivity contribution in [2.24, 2.45) is 0 Å². The Morgan fingerprint density at radius 3 is 3.29 bits per heavy atom. The van der Waals surface area contributed by atoms with Gasteiger partial charge < -0.3 is 15.0 Å². The third kappa shape index (κ3) is 1.80. The van der Waals surface area contributed by atoms with Crippen LogP contribution < -0.4 is 10.1 Å². The Balaban J connectivity index is 2.00. The predicted octanol–water partition coefficient (Wildman–Crippen LogP) is 1.73. The molecule has 1 aromatic carbocycles. The summed E-state index contributed by atoms with van der Waals surface area (Å²) < 4.78 is 5.51. The maximum Gasteiger partial charge on any atom is 0.122 e. The van der Waals surface area contributed by atoms with Crippen LogP contribution in [0.1, 0.15) is 11.3 Å². The molecular weight excluding hydrogens is 214 g/mol. The summed E-state index contributed by atoms with van der Waals surface area (Å²) in [6, 6.07) is 6.28. The first-order chi connectivity index (χ1) is 8.38. The molecule has 17 heavy (non-hydrogen) atoms. The zero-order chi connectivity index (χ0) is 11.7. The number of hydrogen-bond donors (Lipinski definition) is 2. The highest BCUT2D eigenvalue weighted by atomic mass is 16.5. The van der Waals surface area contributed by atoms with E-state index < -0.39 is 0 Å². The van der Waals surface area contributed by atoms with Crippen LogP contribution in [0.2, 0.25) is 0 Å². The van der Waals surface area contributed by atoms with Crippen LogP contribution >= 0.6 is 0 Å². The van der Waals surface area contributed by atoms with Crippen LogP contribution in [0.4, 0.5) is 0 Å². The quantitative estimate of drug-likeness (QED) is 0.842. The topological polar surface area (TPSA) is 49.9 Å². The van der Waals surface area contributed by atoms with Crippen molar-refractivity contribution in [1.82, 2.24) is 15.3 Å². The molecule has 0 fully saturated rings. The van der Waals surface area contributed by atoms with E-state index in [0.717, 1.165) is 42.3 Å². The van der Waals surface area contributed by atoms with Crippen LogP contribution in [0.5, 0.6) is 5.75 Å². The molecule has 88 valence electrons. The molecule has 2 N–H and O–H groups in total. The van der Waals surface area contributed by atoms with Crippen molar-refractivity contribution in [1.29, 1.82) is 0 Å². The molecule has 1 aliphatic rings. The van der Waals surface area contributed by atoms with Gasteiger partial charge in [-0.1, -0.05) is 0 Å². The third-order valence-corrected chi connectivity index (χ3v) is 3.03. The molecular formula is C13H15N3O. The lowest BCUT2D eigenvalue weighted by Gasteiger charge is -2.04. The Morgan fingerprint density at radius 1 is 1.47 bits per heavy atom. The highest BCUT2D eigenvalue weighted by Gasteiger charge is 2.14. The monoisotopic (exact) mass is 229 g/mol. The molecule has 0 spiro atoms. The second kappa shape index (κ2) is 4.22. The average molecular weight is 229 g/mol. The number of ether oxygens (including phenoxy) is 1. The van der Waals surface area contributed by atoms with Crippen molar-refractivity contribution in [2.45, 2.75) is 13.0 Å². The van der Waals surface area contributed by atoms with Gasteiger partial charge in [-0.3, -0.25) is 0 Å². The molecule has 0 saturated carbocycles. The SMILES string of the molecule is CNCc1[nH]cnc1-c1ccc2c(c1)CCO2. The zero-order valence-electron chi connectivity index (χ0n) is 9.79. The smallest absolute Gasteiger partial charge is 0.122 e. The summed E-state index contributed by atoms with van der Waals surface area (Å²) in [6.07, 6.45) is 2.74. The second-order valence-electron chi connectivity index (χ2n) is 4.18. The van der Waals surface area contributed by atoms with Gasteiger partial charge in [0.15, 0.2) is 0 Å². The lowest BCUT2D eigenvalue weighted by Crippen LogP contribution is -2.06. The summed E-state index contributed by atoms with van der Waals surface area (Å²) in [4.78, 5) is 7.56. The van der Waals surface area contributed by atoms with E-state index >= 15 is 0 Å². The van der Waals surface area contributed by atoms with Gasteiger partial charge in [0, 0.05) is 18.5 Å². The van der Waals surface area contributed by atoms with Crippen molar-refractivity contribution in [3.8, 4) is 17.0 Å². The Bertz CT molecular complexity index is 533. The lowest BCUT2D eigenvalue weighted by molar-refractivity contribution is 0.357. The largest absolute Gasteiger partial charge is 0.493 e. The standard InChI is InChI=1S/C13H15N3O/c1-14-7-11-13(16-8-15-11)10-2-3-12-9(6-10)4-5-17-12/h2-3,6,8,14H,4-5,7H2,1H3,(H,15,16). The Hall–Kier alpha value is -1.81. The fraction of sp³-hybridized carbons (Fsp3) is 0.308. The molecule has 2 heterocycles. The minimum Gasteiger partial charge on any atom is -0.493 e. The van der Waals surface area contributed by atoms with Crippen LogP contribution in [0.25, 0.3) is 11.3 Å². The van der Waals surface area contributed by atoms with E-state index in [1.807, 2.05) is 13.1 Å². The minimum atomic E-state index is 0.794. The summed E-state index contributed by atoms with van der Waals surface area (Å²) in [5, 5.41) is 3.14.